The lowest BCUT2D eigenvalue weighted by molar-refractivity contribution is -0.131. The van der Waals surface area contributed by atoms with Gasteiger partial charge in [-0.1, -0.05) is 12.1 Å². The first-order valence-corrected chi connectivity index (χ1v) is 7.98. The molecule has 0 saturated heterocycles. The number of carbonyl (C=O) groups excluding carboxylic acids is 1. The lowest BCUT2D eigenvalue weighted by Gasteiger charge is -2.13. The second-order valence-electron chi connectivity index (χ2n) is 4.53. The molecule has 0 aliphatic carbocycles. The van der Waals surface area contributed by atoms with Crippen molar-refractivity contribution in [2.24, 2.45) is 0 Å². The van der Waals surface area contributed by atoms with Gasteiger partial charge in [0.1, 0.15) is 0 Å². The third-order valence-corrected chi connectivity index (χ3v) is 3.42. The van der Waals surface area contributed by atoms with Crippen LogP contribution in [0.1, 0.15) is 12.5 Å². The standard InChI is InChI=1S/C14H18N2O4S/c1-10(9-21(2)20)15-14(19)16-12-6-3-11(4-7-12)5-8-13(17)18/h3-8,10H,9H2,1-2H3,(H,17,18)(H2,15,16,19)/b8-5+. The van der Waals surface area contributed by atoms with Gasteiger partial charge in [-0.2, -0.15) is 0 Å². The van der Waals surface area contributed by atoms with Crippen LogP contribution in [-0.2, 0) is 15.6 Å². The Hall–Kier alpha value is -2.15. The molecule has 7 heteroatoms. The summed E-state index contributed by atoms with van der Waals surface area (Å²) in [5.74, 6) is -0.620. The number of nitrogens with one attached hydrogen (secondary N) is 2. The van der Waals surface area contributed by atoms with Crippen LogP contribution in [-0.4, -0.2) is 39.4 Å². The molecule has 0 aliphatic heterocycles. The normalized spacial score (nSPS) is 13.6. The predicted molar refractivity (Wildman–Crippen MR) is 83.7 cm³/mol. The van der Waals surface area contributed by atoms with Gasteiger partial charge in [0.05, 0.1) is 0 Å². The summed E-state index contributed by atoms with van der Waals surface area (Å²) in [6, 6.07) is 6.17. The topological polar surface area (TPSA) is 95.5 Å². The highest BCUT2D eigenvalue weighted by molar-refractivity contribution is 7.84. The maximum absolute atomic E-state index is 11.7. The molecule has 1 aromatic rings. The number of hydrogen-bond donors (Lipinski definition) is 3. The average molecular weight is 310 g/mol. The molecule has 21 heavy (non-hydrogen) atoms. The molecule has 0 radical (unpaired) electrons. The Bertz CT molecular complexity index is 555. The summed E-state index contributed by atoms with van der Waals surface area (Å²) in [5, 5.41) is 13.8. The van der Waals surface area contributed by atoms with Gasteiger partial charge in [0.25, 0.3) is 0 Å². The van der Waals surface area contributed by atoms with E-state index in [1.54, 1.807) is 37.4 Å². The quantitative estimate of drug-likeness (QED) is 0.697. The molecule has 0 heterocycles. The van der Waals surface area contributed by atoms with Crippen molar-refractivity contribution >= 4 is 34.6 Å². The largest absolute Gasteiger partial charge is 0.478 e. The number of carboxylic acids is 1. The Balaban J connectivity index is 2.53. The van der Waals surface area contributed by atoms with Crippen molar-refractivity contribution in [2.45, 2.75) is 13.0 Å². The third-order valence-electron chi connectivity index (χ3n) is 2.45. The lowest BCUT2D eigenvalue weighted by atomic mass is 10.2. The van der Waals surface area contributed by atoms with Crippen LogP contribution < -0.4 is 10.6 Å². The first kappa shape index (κ1) is 16.9. The van der Waals surface area contributed by atoms with Crippen molar-refractivity contribution in [3.05, 3.63) is 35.9 Å². The summed E-state index contributed by atoms with van der Waals surface area (Å²) >= 11 is 0. The van der Waals surface area contributed by atoms with Crippen molar-refractivity contribution in [2.75, 3.05) is 17.3 Å². The fraction of sp³-hybridized carbons (Fsp3) is 0.286. The van der Waals surface area contributed by atoms with Crippen molar-refractivity contribution < 1.29 is 18.9 Å². The van der Waals surface area contributed by atoms with Gasteiger partial charge in [0.2, 0.25) is 0 Å². The number of carbonyl (C=O) groups is 2. The van der Waals surface area contributed by atoms with Crippen LogP contribution in [0.3, 0.4) is 0 Å². The number of aliphatic carboxylic acids is 1. The highest BCUT2D eigenvalue weighted by Gasteiger charge is 2.08. The molecule has 0 fully saturated rings. The molecule has 2 unspecified atom stereocenters. The van der Waals surface area contributed by atoms with Gasteiger partial charge in [0.15, 0.2) is 0 Å². The first-order valence-electron chi connectivity index (χ1n) is 6.25. The average Bonchev–Trinajstić information content (AvgIpc) is 2.36. The van der Waals surface area contributed by atoms with Crippen molar-refractivity contribution in [1.82, 2.24) is 5.32 Å². The molecule has 0 aliphatic rings. The molecule has 3 N–H and O–H groups in total. The monoisotopic (exact) mass is 310 g/mol. The zero-order valence-electron chi connectivity index (χ0n) is 11.8. The van der Waals surface area contributed by atoms with Gasteiger partial charge >= 0.3 is 12.0 Å². The molecule has 0 aromatic heterocycles. The summed E-state index contributed by atoms with van der Waals surface area (Å²) in [6.45, 7) is 1.78. The van der Waals surface area contributed by atoms with Crippen LogP contribution in [0.5, 0.6) is 0 Å². The van der Waals surface area contributed by atoms with E-state index in [1.807, 2.05) is 0 Å². The van der Waals surface area contributed by atoms with Gasteiger partial charge in [0, 0.05) is 40.6 Å². The second-order valence-corrected chi connectivity index (χ2v) is 6.01. The molecule has 0 saturated carbocycles. The van der Waals surface area contributed by atoms with Crippen LogP contribution >= 0.6 is 0 Å². The molecule has 114 valence electrons. The van der Waals surface area contributed by atoms with E-state index in [1.165, 1.54) is 6.08 Å². The Labute approximate surface area is 125 Å². The second kappa shape index (κ2) is 8.21. The minimum atomic E-state index is -1.01. The summed E-state index contributed by atoms with van der Waals surface area (Å²) in [6.07, 6.45) is 4.09. The van der Waals surface area contributed by atoms with Crippen molar-refractivity contribution in [1.29, 1.82) is 0 Å². The molecular formula is C14H18N2O4S. The van der Waals surface area contributed by atoms with Crippen LogP contribution in [0.2, 0.25) is 0 Å². The van der Waals surface area contributed by atoms with Crippen LogP contribution in [0.15, 0.2) is 30.3 Å². The molecule has 0 bridgehead atoms. The minimum Gasteiger partial charge on any atom is -0.478 e. The fourth-order valence-corrected chi connectivity index (χ4v) is 2.42. The number of rotatable bonds is 6. The Morgan fingerprint density at radius 1 is 1.33 bits per heavy atom. The van der Waals surface area contributed by atoms with E-state index in [9.17, 15) is 13.8 Å². The van der Waals surface area contributed by atoms with Crippen LogP contribution in [0, 0.1) is 0 Å². The number of hydrogen-bond acceptors (Lipinski definition) is 3. The molecule has 1 rings (SSSR count). The minimum absolute atomic E-state index is 0.186. The summed E-state index contributed by atoms with van der Waals surface area (Å²) in [5.41, 5.74) is 1.31. The molecular weight excluding hydrogens is 292 g/mol. The molecule has 1 aromatic carbocycles. The Kier molecular flexibility index (Phi) is 6.61. The molecule has 6 nitrogen and oxygen atoms in total. The van der Waals surface area contributed by atoms with E-state index >= 15 is 0 Å². The Morgan fingerprint density at radius 2 is 1.95 bits per heavy atom. The number of urea groups is 1. The molecule has 2 amide bonds. The van der Waals surface area contributed by atoms with E-state index in [-0.39, 0.29) is 12.1 Å². The van der Waals surface area contributed by atoms with Crippen molar-refractivity contribution in [3.63, 3.8) is 0 Å². The maximum atomic E-state index is 11.7. The Morgan fingerprint density at radius 3 is 2.48 bits per heavy atom. The van der Waals surface area contributed by atoms with Gasteiger partial charge < -0.3 is 15.7 Å². The molecule has 0 spiro atoms. The van der Waals surface area contributed by atoms with E-state index in [0.717, 1.165) is 11.6 Å². The number of benzene rings is 1. The smallest absolute Gasteiger partial charge is 0.328 e. The third kappa shape index (κ3) is 7.26. The summed E-state index contributed by atoms with van der Waals surface area (Å²) < 4.78 is 11.0. The zero-order valence-corrected chi connectivity index (χ0v) is 12.6. The first-order chi connectivity index (χ1) is 9.86. The van der Waals surface area contributed by atoms with E-state index in [0.29, 0.717) is 11.4 Å². The van der Waals surface area contributed by atoms with Gasteiger partial charge in [-0.3, -0.25) is 4.21 Å². The number of amides is 2. The van der Waals surface area contributed by atoms with Crippen molar-refractivity contribution in [3.8, 4) is 0 Å². The summed E-state index contributed by atoms with van der Waals surface area (Å²) in [4.78, 5) is 22.1. The summed E-state index contributed by atoms with van der Waals surface area (Å²) in [7, 11) is -0.966. The van der Waals surface area contributed by atoms with E-state index in [4.69, 9.17) is 5.11 Å². The van der Waals surface area contributed by atoms with Gasteiger partial charge in [-0.15, -0.1) is 0 Å². The van der Waals surface area contributed by atoms with Gasteiger partial charge in [-0.25, -0.2) is 9.59 Å². The highest BCUT2D eigenvalue weighted by Crippen LogP contribution is 2.10. The molecule has 2 atom stereocenters. The zero-order chi connectivity index (χ0) is 15.8. The lowest BCUT2D eigenvalue weighted by Crippen LogP contribution is -2.39. The fourth-order valence-electron chi connectivity index (χ4n) is 1.63. The van der Waals surface area contributed by atoms with Gasteiger partial charge in [-0.05, 0) is 30.7 Å². The number of carboxylic acid groups (broad SMARTS) is 1. The highest BCUT2D eigenvalue weighted by atomic mass is 32.2. The van der Waals surface area contributed by atoms with Crippen LogP contribution in [0.25, 0.3) is 6.08 Å². The van der Waals surface area contributed by atoms with Crippen LogP contribution in [0.4, 0.5) is 10.5 Å². The SMILES string of the molecule is CC(CS(C)=O)NC(=O)Nc1ccc(/C=C/C(=O)O)cc1. The van der Waals surface area contributed by atoms with E-state index in [2.05, 4.69) is 10.6 Å². The predicted octanol–water partition coefficient (Wildman–Crippen LogP) is 1.67. The van der Waals surface area contributed by atoms with E-state index < -0.39 is 16.8 Å². The maximum Gasteiger partial charge on any atom is 0.328 e. The number of anilines is 1.